The molecule has 0 spiro atoms. The summed E-state index contributed by atoms with van der Waals surface area (Å²) < 4.78 is 20.2. The van der Waals surface area contributed by atoms with E-state index in [0.29, 0.717) is 30.9 Å². The molecule has 1 N–H and O–H groups in total. The molecule has 2 saturated heterocycles. The summed E-state index contributed by atoms with van der Waals surface area (Å²) in [6.45, 7) is 14.3. The molecular formula is C21H25FN4O3. The molecule has 154 valence electrons. The van der Waals surface area contributed by atoms with E-state index in [1.54, 1.807) is 18.3 Å². The number of carbonyl (C=O) groups excluding carboxylic acids is 2. The van der Waals surface area contributed by atoms with Gasteiger partial charge in [0.2, 0.25) is 5.91 Å². The van der Waals surface area contributed by atoms with Gasteiger partial charge in [0.15, 0.2) is 6.20 Å². The van der Waals surface area contributed by atoms with Crippen LogP contribution >= 0.6 is 0 Å². The number of piperidine rings is 1. The highest BCUT2D eigenvalue weighted by atomic mass is 19.1. The van der Waals surface area contributed by atoms with Gasteiger partial charge in [-0.15, -0.1) is 0 Å². The fourth-order valence-corrected chi connectivity index (χ4v) is 3.79. The third-order valence-electron chi connectivity index (χ3n) is 5.36. The van der Waals surface area contributed by atoms with Crippen LogP contribution in [0, 0.1) is 17.8 Å². The van der Waals surface area contributed by atoms with Crippen LogP contribution in [0.3, 0.4) is 0 Å². The zero-order valence-electron chi connectivity index (χ0n) is 16.9. The van der Waals surface area contributed by atoms with Gasteiger partial charge in [-0.2, -0.15) is 0 Å². The molecular weight excluding hydrogens is 375 g/mol. The van der Waals surface area contributed by atoms with Gasteiger partial charge in [0.05, 0.1) is 31.0 Å². The molecule has 1 atom stereocenters. The van der Waals surface area contributed by atoms with Crippen LogP contribution in [-0.2, 0) is 9.53 Å². The van der Waals surface area contributed by atoms with Crippen LogP contribution in [0.5, 0.6) is 0 Å². The van der Waals surface area contributed by atoms with E-state index < -0.39 is 18.0 Å². The van der Waals surface area contributed by atoms with Crippen molar-refractivity contribution in [3.8, 4) is 0 Å². The van der Waals surface area contributed by atoms with E-state index in [4.69, 9.17) is 11.3 Å². The normalized spacial score (nSPS) is 22.4. The van der Waals surface area contributed by atoms with Gasteiger partial charge >= 0.3 is 6.09 Å². The molecule has 8 heteroatoms. The predicted molar refractivity (Wildman–Crippen MR) is 108 cm³/mol. The van der Waals surface area contributed by atoms with Gasteiger partial charge in [-0.05, 0) is 30.0 Å². The van der Waals surface area contributed by atoms with Crippen molar-refractivity contribution < 1.29 is 18.7 Å². The van der Waals surface area contributed by atoms with Crippen LogP contribution in [-0.4, -0.2) is 44.3 Å². The third kappa shape index (κ3) is 4.50. The molecule has 2 aliphatic rings. The second-order valence-corrected chi connectivity index (χ2v) is 8.03. The van der Waals surface area contributed by atoms with Gasteiger partial charge in [-0.3, -0.25) is 9.69 Å². The SMILES string of the molecule is [C-]#[N+]/C=C1/CCN(c2ccc(N3C[C@H](CNC(C)=O)OC3=O)cc2F)CC1(C)C. The van der Waals surface area contributed by atoms with Crippen LogP contribution in [0.15, 0.2) is 30.0 Å². The first-order valence-corrected chi connectivity index (χ1v) is 9.54. The van der Waals surface area contributed by atoms with E-state index in [1.807, 2.05) is 4.90 Å². The van der Waals surface area contributed by atoms with E-state index in [-0.39, 0.29) is 24.4 Å². The number of halogens is 1. The Kier molecular flexibility index (Phi) is 5.78. The maximum absolute atomic E-state index is 14.9. The van der Waals surface area contributed by atoms with Gasteiger partial charge in [0.25, 0.3) is 0 Å². The van der Waals surface area contributed by atoms with Crippen molar-refractivity contribution in [1.82, 2.24) is 5.32 Å². The average Bonchev–Trinajstić information content (AvgIpc) is 3.02. The van der Waals surface area contributed by atoms with Crippen molar-refractivity contribution in [3.05, 3.63) is 47.2 Å². The molecule has 0 aliphatic carbocycles. The summed E-state index contributed by atoms with van der Waals surface area (Å²) in [5, 5.41) is 2.62. The summed E-state index contributed by atoms with van der Waals surface area (Å²) in [6.07, 6.45) is 1.26. The molecule has 3 rings (SSSR count). The minimum Gasteiger partial charge on any atom is -0.442 e. The number of rotatable bonds is 4. The Morgan fingerprint density at radius 2 is 2.24 bits per heavy atom. The molecule has 0 unspecified atom stereocenters. The predicted octanol–water partition coefficient (Wildman–Crippen LogP) is 3.33. The Morgan fingerprint density at radius 1 is 1.48 bits per heavy atom. The van der Waals surface area contributed by atoms with Crippen LogP contribution in [0.25, 0.3) is 4.85 Å². The van der Waals surface area contributed by atoms with Crippen molar-refractivity contribution in [2.45, 2.75) is 33.3 Å². The number of ether oxygens (including phenoxy) is 1. The molecule has 0 radical (unpaired) electrons. The van der Waals surface area contributed by atoms with Gasteiger partial charge in [-0.1, -0.05) is 19.4 Å². The zero-order chi connectivity index (χ0) is 21.2. The molecule has 2 aliphatic heterocycles. The highest BCUT2D eigenvalue weighted by Crippen LogP contribution is 2.38. The number of nitrogens with one attached hydrogen (secondary N) is 1. The Balaban J connectivity index is 1.73. The highest BCUT2D eigenvalue weighted by Gasteiger charge is 2.34. The van der Waals surface area contributed by atoms with E-state index in [1.165, 1.54) is 17.9 Å². The Labute approximate surface area is 169 Å². The molecule has 1 aromatic rings. The molecule has 0 aromatic heterocycles. The first-order chi connectivity index (χ1) is 13.7. The first-order valence-electron chi connectivity index (χ1n) is 9.54. The maximum atomic E-state index is 14.9. The number of nitrogens with zero attached hydrogens (tertiary/aromatic N) is 3. The van der Waals surface area contributed by atoms with Crippen molar-refractivity contribution in [2.24, 2.45) is 5.41 Å². The van der Waals surface area contributed by atoms with E-state index >= 15 is 0 Å². The Hall–Kier alpha value is -3.08. The maximum Gasteiger partial charge on any atom is 0.414 e. The minimum atomic E-state index is -0.555. The van der Waals surface area contributed by atoms with Crippen molar-refractivity contribution in [1.29, 1.82) is 0 Å². The number of cyclic esters (lactones) is 1. The average molecular weight is 400 g/mol. The number of anilines is 2. The summed E-state index contributed by atoms with van der Waals surface area (Å²) in [6, 6.07) is 4.73. The number of amides is 2. The highest BCUT2D eigenvalue weighted by molar-refractivity contribution is 5.90. The van der Waals surface area contributed by atoms with Gasteiger partial charge < -0.3 is 15.0 Å². The molecule has 29 heavy (non-hydrogen) atoms. The summed E-state index contributed by atoms with van der Waals surface area (Å²) in [5.74, 6) is -0.609. The molecule has 2 amide bonds. The summed E-state index contributed by atoms with van der Waals surface area (Å²) in [7, 11) is 0. The van der Waals surface area contributed by atoms with Gasteiger partial charge in [0, 0.05) is 20.0 Å². The lowest BCUT2D eigenvalue weighted by Crippen LogP contribution is -2.42. The van der Waals surface area contributed by atoms with Crippen molar-refractivity contribution >= 4 is 23.4 Å². The Bertz CT molecular complexity index is 890. The zero-order valence-corrected chi connectivity index (χ0v) is 16.9. The van der Waals surface area contributed by atoms with Gasteiger partial charge in [0.1, 0.15) is 11.9 Å². The third-order valence-corrected chi connectivity index (χ3v) is 5.36. The molecule has 0 saturated carbocycles. The number of benzene rings is 1. The number of hydrogen-bond acceptors (Lipinski definition) is 4. The summed E-state index contributed by atoms with van der Waals surface area (Å²) >= 11 is 0. The van der Waals surface area contributed by atoms with E-state index in [9.17, 15) is 14.0 Å². The first kappa shape index (κ1) is 20.6. The van der Waals surface area contributed by atoms with E-state index in [2.05, 4.69) is 24.0 Å². The summed E-state index contributed by atoms with van der Waals surface area (Å²) in [5.41, 5.74) is 1.76. The number of hydrogen-bond donors (Lipinski definition) is 1. The monoisotopic (exact) mass is 400 g/mol. The van der Waals surface area contributed by atoms with Crippen LogP contribution in [0.1, 0.15) is 27.2 Å². The fourth-order valence-electron chi connectivity index (χ4n) is 3.79. The second-order valence-electron chi connectivity index (χ2n) is 8.03. The second kappa shape index (κ2) is 8.11. The topological polar surface area (TPSA) is 66.2 Å². The van der Waals surface area contributed by atoms with Crippen LogP contribution in [0.2, 0.25) is 0 Å². The molecule has 2 fully saturated rings. The Morgan fingerprint density at radius 3 is 2.86 bits per heavy atom. The van der Waals surface area contributed by atoms with Crippen LogP contribution in [0.4, 0.5) is 20.6 Å². The molecule has 7 nitrogen and oxygen atoms in total. The lowest BCUT2D eigenvalue weighted by atomic mass is 9.79. The van der Waals surface area contributed by atoms with Gasteiger partial charge in [-0.25, -0.2) is 14.0 Å². The van der Waals surface area contributed by atoms with Crippen LogP contribution < -0.4 is 15.1 Å². The van der Waals surface area contributed by atoms with Crippen molar-refractivity contribution in [3.63, 3.8) is 0 Å². The lowest BCUT2D eigenvalue weighted by molar-refractivity contribution is -0.119. The minimum absolute atomic E-state index is 0.200. The van der Waals surface area contributed by atoms with Crippen molar-refractivity contribution in [2.75, 3.05) is 36.0 Å². The molecule has 1 aromatic carbocycles. The summed E-state index contributed by atoms with van der Waals surface area (Å²) in [4.78, 5) is 29.9. The standard InChI is InChI=1S/C21H25FN4O3/c1-14(27)24-11-17-12-26(20(28)29-17)16-5-6-19(18(22)9-16)25-8-7-15(10-23-4)21(2,3)13-25/h5-6,9-10,17H,7-8,11-13H2,1-3H3,(H,24,27)/b15-10-/t17-/m0/s1. The molecule has 2 heterocycles. The quantitative estimate of drug-likeness (QED) is 0.788. The fraction of sp³-hybridized carbons (Fsp3) is 0.476. The number of carbonyl (C=O) groups is 2. The lowest BCUT2D eigenvalue weighted by Gasteiger charge is -2.41. The smallest absolute Gasteiger partial charge is 0.414 e. The molecule has 0 bridgehead atoms. The van der Waals surface area contributed by atoms with E-state index in [0.717, 1.165) is 5.57 Å². The largest absolute Gasteiger partial charge is 0.442 e.